The highest BCUT2D eigenvalue weighted by Crippen LogP contribution is 2.20. The fourth-order valence-electron chi connectivity index (χ4n) is 1.78. The molecule has 5 heteroatoms. The molecule has 0 spiro atoms. The van der Waals surface area contributed by atoms with E-state index in [-0.39, 0.29) is 6.04 Å². The van der Waals surface area contributed by atoms with Gasteiger partial charge in [0, 0.05) is 25.4 Å². The predicted octanol–water partition coefficient (Wildman–Crippen LogP) is 1.27. The lowest BCUT2D eigenvalue weighted by Crippen LogP contribution is -2.22. The van der Waals surface area contributed by atoms with E-state index in [9.17, 15) is 0 Å². The zero-order chi connectivity index (χ0) is 12.1. The number of hydrogen-bond donors (Lipinski definition) is 1. The van der Waals surface area contributed by atoms with Crippen molar-refractivity contribution in [2.45, 2.75) is 26.8 Å². The van der Waals surface area contributed by atoms with E-state index in [1.807, 2.05) is 18.7 Å². The van der Waals surface area contributed by atoms with E-state index in [1.165, 1.54) is 5.56 Å². The van der Waals surface area contributed by atoms with Crippen molar-refractivity contribution in [3.63, 3.8) is 0 Å². The summed E-state index contributed by atoms with van der Waals surface area (Å²) in [5.41, 5.74) is 6.39. The second-order valence-corrected chi connectivity index (χ2v) is 3.89. The number of ether oxygens (including phenoxy) is 1. The average Bonchev–Trinajstić information content (AvgIpc) is 2.48. The molecule has 0 saturated carbocycles. The van der Waals surface area contributed by atoms with Crippen molar-refractivity contribution in [1.82, 2.24) is 15.3 Å². The van der Waals surface area contributed by atoms with E-state index in [1.54, 1.807) is 7.11 Å². The van der Waals surface area contributed by atoms with Crippen LogP contribution in [0.1, 0.15) is 29.9 Å². The minimum atomic E-state index is 0.130. The normalized spacial score (nSPS) is 13.1. The Morgan fingerprint density at radius 2 is 2.06 bits per heavy atom. The molecule has 1 N–H and O–H groups in total. The number of nitrogens with zero attached hydrogens (tertiary/aromatic N) is 2. The number of aryl methyl sites for hydroxylation is 2. The molecular weight excluding hydrogens is 206 g/mol. The van der Waals surface area contributed by atoms with Gasteiger partial charge in [-0.1, -0.05) is 0 Å². The van der Waals surface area contributed by atoms with Crippen LogP contribution < -0.4 is 5.48 Å². The van der Waals surface area contributed by atoms with Crippen LogP contribution >= 0.6 is 0 Å². The fraction of sp³-hybridized carbons (Fsp3) is 0.727. The Balaban J connectivity index is 2.55. The smallest absolute Gasteiger partial charge is 0.0916 e. The molecule has 0 aliphatic carbocycles. The Bertz CT molecular complexity index is 336. The highest BCUT2D eigenvalue weighted by molar-refractivity contribution is 5.27. The van der Waals surface area contributed by atoms with Crippen LogP contribution in [0.3, 0.4) is 0 Å². The van der Waals surface area contributed by atoms with E-state index in [2.05, 4.69) is 24.4 Å². The molecule has 0 radical (unpaired) electrons. The Kier molecular flexibility index (Phi) is 4.92. The predicted molar refractivity (Wildman–Crippen MR) is 62.1 cm³/mol. The topological polar surface area (TPSA) is 48.3 Å². The summed E-state index contributed by atoms with van der Waals surface area (Å²) in [6, 6.07) is 0.130. The molecule has 1 aromatic rings. The highest BCUT2D eigenvalue weighted by Gasteiger charge is 2.15. The zero-order valence-electron chi connectivity index (χ0n) is 10.7. The second-order valence-electron chi connectivity index (χ2n) is 3.89. The molecule has 0 bridgehead atoms. The molecule has 92 valence electrons. The lowest BCUT2D eigenvalue weighted by Gasteiger charge is -2.14. The van der Waals surface area contributed by atoms with Gasteiger partial charge in [0.15, 0.2) is 0 Å². The van der Waals surface area contributed by atoms with Crippen LogP contribution in [0, 0.1) is 13.8 Å². The maximum atomic E-state index is 5.30. The lowest BCUT2D eigenvalue weighted by molar-refractivity contribution is -0.00945. The molecule has 1 rings (SSSR count). The summed E-state index contributed by atoms with van der Waals surface area (Å²) in [6.45, 7) is 7.26. The third kappa shape index (κ3) is 3.04. The molecule has 1 atom stereocenters. The molecule has 16 heavy (non-hydrogen) atoms. The average molecular weight is 227 g/mol. The van der Waals surface area contributed by atoms with E-state index in [0.717, 1.165) is 11.4 Å². The first-order valence-corrected chi connectivity index (χ1v) is 5.44. The molecule has 0 saturated heterocycles. The fourth-order valence-corrected chi connectivity index (χ4v) is 1.78. The third-order valence-electron chi connectivity index (χ3n) is 2.65. The molecule has 0 amide bonds. The van der Waals surface area contributed by atoms with E-state index < -0.39 is 0 Å². The molecular formula is C11H21N3O2. The highest BCUT2D eigenvalue weighted by atomic mass is 16.7. The summed E-state index contributed by atoms with van der Waals surface area (Å²) in [6.07, 6.45) is 0. The van der Waals surface area contributed by atoms with Gasteiger partial charge in [-0.25, -0.2) is 0 Å². The first kappa shape index (κ1) is 13.2. The van der Waals surface area contributed by atoms with Crippen molar-refractivity contribution < 1.29 is 9.57 Å². The summed E-state index contributed by atoms with van der Waals surface area (Å²) >= 11 is 0. The van der Waals surface area contributed by atoms with Gasteiger partial charge in [-0.15, -0.1) is 0 Å². The van der Waals surface area contributed by atoms with E-state index in [4.69, 9.17) is 9.57 Å². The van der Waals surface area contributed by atoms with Gasteiger partial charge in [-0.2, -0.15) is 10.6 Å². The largest absolute Gasteiger partial charge is 0.382 e. The number of rotatable bonds is 6. The van der Waals surface area contributed by atoms with Crippen LogP contribution in [0.15, 0.2) is 0 Å². The number of nitrogens with one attached hydrogen (secondary N) is 1. The van der Waals surface area contributed by atoms with E-state index >= 15 is 0 Å². The molecule has 1 heterocycles. The van der Waals surface area contributed by atoms with Gasteiger partial charge < -0.3 is 4.74 Å². The number of hydrogen-bond acceptors (Lipinski definition) is 4. The van der Waals surface area contributed by atoms with Crippen molar-refractivity contribution in [3.8, 4) is 0 Å². The number of methoxy groups -OCH3 is 1. The van der Waals surface area contributed by atoms with Gasteiger partial charge in [0.25, 0.3) is 0 Å². The monoisotopic (exact) mass is 227 g/mol. The summed E-state index contributed by atoms with van der Waals surface area (Å²) in [5, 5.41) is 4.37. The minimum absolute atomic E-state index is 0.130. The van der Waals surface area contributed by atoms with Crippen LogP contribution in [-0.2, 0) is 16.6 Å². The van der Waals surface area contributed by atoms with Crippen molar-refractivity contribution in [1.29, 1.82) is 0 Å². The van der Waals surface area contributed by atoms with E-state index in [0.29, 0.717) is 13.2 Å². The number of hydroxylamine groups is 1. The van der Waals surface area contributed by atoms with Crippen LogP contribution in [0.25, 0.3) is 0 Å². The van der Waals surface area contributed by atoms with Gasteiger partial charge in [-0.05, 0) is 20.8 Å². The lowest BCUT2D eigenvalue weighted by atomic mass is 10.1. The van der Waals surface area contributed by atoms with Crippen LogP contribution in [0.5, 0.6) is 0 Å². The molecule has 1 unspecified atom stereocenters. The van der Waals surface area contributed by atoms with Gasteiger partial charge in [0.1, 0.15) is 0 Å². The standard InChI is InChI=1S/C11H21N3O2/c1-8-11(10(3)14(4)12-8)9(2)13-16-7-6-15-5/h9,13H,6-7H2,1-5H3. The van der Waals surface area contributed by atoms with Crippen molar-refractivity contribution in [3.05, 3.63) is 17.0 Å². The SMILES string of the molecule is COCCONC(C)c1c(C)nn(C)c1C. The molecule has 0 fully saturated rings. The molecule has 1 aromatic heterocycles. The number of aromatic nitrogens is 2. The Hall–Kier alpha value is -0.910. The van der Waals surface area contributed by atoms with Gasteiger partial charge in [0.2, 0.25) is 0 Å². The molecule has 5 nitrogen and oxygen atoms in total. The van der Waals surface area contributed by atoms with Gasteiger partial charge >= 0.3 is 0 Å². The first-order chi connectivity index (χ1) is 7.57. The Morgan fingerprint density at radius 1 is 1.38 bits per heavy atom. The summed E-state index contributed by atoms with van der Waals surface area (Å²) < 4.78 is 6.79. The Morgan fingerprint density at radius 3 is 2.56 bits per heavy atom. The minimum Gasteiger partial charge on any atom is -0.382 e. The van der Waals surface area contributed by atoms with Crippen molar-refractivity contribution in [2.24, 2.45) is 7.05 Å². The zero-order valence-corrected chi connectivity index (χ0v) is 10.7. The molecule has 0 aromatic carbocycles. The summed E-state index contributed by atoms with van der Waals surface area (Å²) in [7, 11) is 3.60. The van der Waals surface area contributed by atoms with Crippen LogP contribution in [0.4, 0.5) is 0 Å². The summed E-state index contributed by atoms with van der Waals surface area (Å²) in [5.74, 6) is 0. The first-order valence-electron chi connectivity index (χ1n) is 5.44. The van der Waals surface area contributed by atoms with Crippen molar-refractivity contribution in [2.75, 3.05) is 20.3 Å². The third-order valence-corrected chi connectivity index (χ3v) is 2.65. The van der Waals surface area contributed by atoms with Crippen molar-refractivity contribution >= 4 is 0 Å². The van der Waals surface area contributed by atoms with Gasteiger partial charge in [-0.3, -0.25) is 9.52 Å². The quantitative estimate of drug-likeness (QED) is 0.587. The van der Waals surface area contributed by atoms with Crippen LogP contribution in [0.2, 0.25) is 0 Å². The van der Waals surface area contributed by atoms with Gasteiger partial charge in [0.05, 0.1) is 24.9 Å². The van der Waals surface area contributed by atoms with Crippen LogP contribution in [-0.4, -0.2) is 30.1 Å². The summed E-state index contributed by atoms with van der Waals surface area (Å²) in [4.78, 5) is 5.30. The maximum absolute atomic E-state index is 5.30. The maximum Gasteiger partial charge on any atom is 0.0916 e. The molecule has 0 aliphatic heterocycles. The Labute approximate surface area is 96.7 Å². The molecule has 0 aliphatic rings. The second kappa shape index (κ2) is 5.98.